The Morgan fingerprint density at radius 3 is 2.61 bits per heavy atom. The number of carbonyl (C=O) groups is 1. The largest absolute Gasteiger partial charge is 0.462 e. The molecule has 46 heavy (non-hydrogen) atoms. The molecule has 14 nitrogen and oxygen atoms in total. The van der Waals surface area contributed by atoms with Crippen molar-refractivity contribution in [3.63, 3.8) is 0 Å². The van der Waals surface area contributed by atoms with Crippen molar-refractivity contribution in [2.24, 2.45) is 0 Å². The van der Waals surface area contributed by atoms with Crippen LogP contribution in [0.15, 0.2) is 65.6 Å². The number of para-hydroxylation sites is 1. The number of esters is 1. The van der Waals surface area contributed by atoms with Crippen molar-refractivity contribution in [3.8, 4) is 17.2 Å². The van der Waals surface area contributed by atoms with Crippen molar-refractivity contribution >= 4 is 19.5 Å². The second-order valence-corrected chi connectivity index (χ2v) is 12.4. The first kappa shape index (κ1) is 33.3. The van der Waals surface area contributed by atoms with E-state index in [1.165, 1.54) is 25.1 Å². The fourth-order valence-electron chi connectivity index (χ4n) is 4.55. The Kier molecular flexibility index (Phi) is 9.93. The summed E-state index contributed by atoms with van der Waals surface area (Å²) in [5, 5.41) is 15.8. The van der Waals surface area contributed by atoms with Crippen LogP contribution in [0.25, 0.3) is 0 Å². The Balaban J connectivity index is 1.26. The Hall–Kier alpha value is -4.08. The second-order valence-electron chi connectivity index (χ2n) is 10.7. The zero-order chi connectivity index (χ0) is 33.1. The molecule has 2 aliphatic heterocycles. The molecule has 2 aromatic carbocycles. The quantitative estimate of drug-likeness (QED) is 0.179. The van der Waals surface area contributed by atoms with Crippen LogP contribution in [-0.2, 0) is 29.9 Å². The lowest BCUT2D eigenvalue weighted by Crippen LogP contribution is -2.42. The summed E-state index contributed by atoms with van der Waals surface area (Å²) >= 11 is 0. The van der Waals surface area contributed by atoms with Crippen molar-refractivity contribution in [2.45, 2.75) is 63.8 Å². The van der Waals surface area contributed by atoms with E-state index in [-0.39, 0.29) is 24.9 Å². The number of ether oxygens (including phenoxy) is 4. The van der Waals surface area contributed by atoms with Gasteiger partial charge in [0.2, 0.25) is 13.0 Å². The van der Waals surface area contributed by atoms with E-state index in [9.17, 15) is 19.3 Å². The minimum atomic E-state index is -4.45. The number of carbonyl (C=O) groups excluding carboxylic acids is 1. The first-order chi connectivity index (χ1) is 21.8. The normalized spacial score (nSPS) is 21.8. The third-order valence-corrected chi connectivity index (χ3v) is 8.45. The van der Waals surface area contributed by atoms with E-state index in [0.29, 0.717) is 16.1 Å². The third kappa shape index (κ3) is 7.65. The summed E-state index contributed by atoms with van der Waals surface area (Å²) in [6.45, 7) is 4.10. The predicted octanol–water partition coefficient (Wildman–Crippen LogP) is 3.61. The average Bonchev–Trinajstić information content (AvgIpc) is 3.56. The molecule has 0 saturated carbocycles. The highest BCUT2D eigenvalue weighted by molar-refractivity contribution is 7.52. The van der Waals surface area contributed by atoms with Crippen LogP contribution in [-0.4, -0.2) is 64.3 Å². The number of halogens is 2. The standard InChI is InChI=1S/C29H33F2N4O10P/c1-17(2)43-26(37)18(3)34-46(39,45-20-7-5-4-6-8-20)42-15-23-25(36)29(30,31)27(44-23)35-12-11-24(33-28(35)38)32-14-19-9-10-21-22(13-19)41-16-40-21/h4-13,17-18,23,25,27,36H,14-16H2,1-3H3,(H,34,39)(H,32,33,38)/t18-,23+,25+,27+,46-/m0/s1. The van der Waals surface area contributed by atoms with Gasteiger partial charge < -0.3 is 33.9 Å². The van der Waals surface area contributed by atoms with Gasteiger partial charge >= 0.3 is 25.3 Å². The topological polar surface area (TPSA) is 169 Å². The van der Waals surface area contributed by atoms with Gasteiger partial charge in [-0.25, -0.2) is 9.36 Å². The van der Waals surface area contributed by atoms with Gasteiger partial charge in [-0.3, -0.25) is 13.9 Å². The lowest BCUT2D eigenvalue weighted by Gasteiger charge is -2.25. The van der Waals surface area contributed by atoms with Gasteiger partial charge in [0.25, 0.3) is 0 Å². The fourth-order valence-corrected chi connectivity index (χ4v) is 6.05. The van der Waals surface area contributed by atoms with Crippen molar-refractivity contribution in [1.82, 2.24) is 14.6 Å². The molecule has 0 radical (unpaired) electrons. The molecule has 0 bridgehead atoms. The smallest absolute Gasteiger partial charge is 0.459 e. The molecule has 3 aromatic rings. The first-order valence-electron chi connectivity index (χ1n) is 14.2. The molecule has 0 spiro atoms. The van der Waals surface area contributed by atoms with E-state index >= 15 is 8.78 Å². The zero-order valence-electron chi connectivity index (χ0n) is 25.0. The van der Waals surface area contributed by atoms with Crippen LogP contribution >= 0.6 is 7.75 Å². The lowest BCUT2D eigenvalue weighted by atomic mass is 10.1. The van der Waals surface area contributed by atoms with E-state index in [2.05, 4.69) is 15.4 Å². The number of benzene rings is 2. The highest BCUT2D eigenvalue weighted by Gasteiger charge is 2.60. The van der Waals surface area contributed by atoms with Crippen LogP contribution in [0.3, 0.4) is 0 Å². The summed E-state index contributed by atoms with van der Waals surface area (Å²) in [5.41, 5.74) is -0.285. The van der Waals surface area contributed by atoms with Crippen LogP contribution in [0.5, 0.6) is 17.2 Å². The summed E-state index contributed by atoms with van der Waals surface area (Å²) < 4.78 is 76.8. The number of aliphatic hydroxyl groups excluding tert-OH is 1. The molecular formula is C29H33F2N4O10P. The van der Waals surface area contributed by atoms with Gasteiger partial charge in [0, 0.05) is 12.7 Å². The Labute approximate surface area is 262 Å². The number of rotatable bonds is 13. The Morgan fingerprint density at radius 1 is 1.15 bits per heavy atom. The molecule has 3 N–H and O–H groups in total. The van der Waals surface area contributed by atoms with E-state index < -0.39 is 62.5 Å². The highest BCUT2D eigenvalue weighted by Crippen LogP contribution is 2.48. The number of nitrogens with zero attached hydrogens (tertiary/aromatic N) is 2. The number of anilines is 1. The fraction of sp³-hybridized carbons (Fsp3) is 0.414. The second kappa shape index (κ2) is 13.7. The lowest BCUT2D eigenvalue weighted by molar-refractivity contribution is -0.149. The van der Waals surface area contributed by atoms with E-state index in [1.54, 1.807) is 50.2 Å². The zero-order valence-corrected chi connectivity index (χ0v) is 25.9. The monoisotopic (exact) mass is 666 g/mol. The number of fused-ring (bicyclic) bond motifs is 1. The number of alkyl halides is 2. The maximum Gasteiger partial charge on any atom is 0.459 e. The molecule has 1 aromatic heterocycles. The van der Waals surface area contributed by atoms with Crippen molar-refractivity contribution in [2.75, 3.05) is 18.7 Å². The number of nitrogens with one attached hydrogen (secondary N) is 2. The van der Waals surface area contributed by atoms with Crippen LogP contribution in [0.1, 0.15) is 32.6 Å². The van der Waals surface area contributed by atoms with E-state index in [4.69, 9.17) is 28.0 Å². The van der Waals surface area contributed by atoms with Gasteiger partial charge in [-0.1, -0.05) is 24.3 Å². The predicted molar refractivity (Wildman–Crippen MR) is 158 cm³/mol. The SMILES string of the molecule is CC(C)OC(=O)[C@H](C)N[P@](=O)(OC[C@H]1O[C@@H](n2ccc(NCc3ccc4c(c3)OCO4)nc2=O)C(F)(F)[C@@H]1O)Oc1ccccc1. The molecule has 5 atom stereocenters. The summed E-state index contributed by atoms with van der Waals surface area (Å²) in [5.74, 6) is -3.37. The number of aromatic nitrogens is 2. The number of hydrogen-bond donors (Lipinski definition) is 3. The van der Waals surface area contributed by atoms with Crippen molar-refractivity contribution in [1.29, 1.82) is 0 Å². The number of hydrogen-bond acceptors (Lipinski definition) is 12. The molecule has 1 fully saturated rings. The first-order valence-corrected chi connectivity index (χ1v) is 15.8. The highest BCUT2D eigenvalue weighted by atomic mass is 31.2. The van der Waals surface area contributed by atoms with Crippen molar-refractivity contribution < 1.29 is 51.2 Å². The van der Waals surface area contributed by atoms with Crippen LogP contribution in [0.4, 0.5) is 14.6 Å². The van der Waals surface area contributed by atoms with Crippen molar-refractivity contribution in [3.05, 3.63) is 76.8 Å². The summed E-state index contributed by atoms with van der Waals surface area (Å²) in [4.78, 5) is 29.0. The molecular weight excluding hydrogens is 633 g/mol. The summed E-state index contributed by atoms with van der Waals surface area (Å²) in [7, 11) is -4.45. The van der Waals surface area contributed by atoms with Gasteiger partial charge in [0.05, 0.1) is 12.7 Å². The van der Waals surface area contributed by atoms with Crippen LogP contribution < -0.4 is 30.1 Å². The van der Waals surface area contributed by atoms with Gasteiger partial charge in [0.15, 0.2) is 17.6 Å². The summed E-state index contributed by atoms with van der Waals surface area (Å²) in [6, 6.07) is 13.2. The van der Waals surface area contributed by atoms with Crippen LogP contribution in [0, 0.1) is 0 Å². The molecule has 2 aliphatic rings. The van der Waals surface area contributed by atoms with Gasteiger partial charge in [-0.05, 0) is 56.7 Å². The van der Waals surface area contributed by atoms with Gasteiger partial charge in [-0.15, -0.1) is 0 Å². The minimum Gasteiger partial charge on any atom is -0.462 e. The van der Waals surface area contributed by atoms with E-state index in [0.717, 1.165) is 11.8 Å². The van der Waals surface area contributed by atoms with Crippen LogP contribution in [0.2, 0.25) is 0 Å². The Bertz CT molecular complexity index is 1640. The maximum absolute atomic E-state index is 15.3. The molecule has 0 aliphatic carbocycles. The molecule has 0 amide bonds. The molecule has 0 unspecified atom stereocenters. The number of aliphatic hydroxyl groups is 1. The average molecular weight is 667 g/mol. The third-order valence-electron chi connectivity index (χ3n) is 6.81. The molecule has 17 heteroatoms. The molecule has 248 valence electrons. The summed E-state index contributed by atoms with van der Waals surface area (Å²) in [6.07, 6.45) is -5.91. The molecule has 1 saturated heterocycles. The Morgan fingerprint density at radius 2 is 1.89 bits per heavy atom. The maximum atomic E-state index is 15.3. The van der Waals surface area contributed by atoms with Gasteiger partial charge in [0.1, 0.15) is 23.7 Å². The minimum absolute atomic E-state index is 0.0868. The molecule has 3 heterocycles. The molecule has 5 rings (SSSR count). The van der Waals surface area contributed by atoms with Gasteiger partial charge in [-0.2, -0.15) is 18.9 Å². The van der Waals surface area contributed by atoms with E-state index in [1.807, 2.05) is 0 Å².